The van der Waals surface area contributed by atoms with Gasteiger partial charge < -0.3 is 5.11 Å². The third-order valence-electron chi connectivity index (χ3n) is 4.92. The van der Waals surface area contributed by atoms with Crippen LogP contribution in [-0.4, -0.2) is 41.3 Å². The number of hydrogen-bond donors (Lipinski definition) is 1. The molecule has 1 aliphatic heterocycles. The highest BCUT2D eigenvalue weighted by Gasteiger charge is 2.44. The van der Waals surface area contributed by atoms with E-state index in [0.717, 1.165) is 13.0 Å². The van der Waals surface area contributed by atoms with Crippen molar-refractivity contribution in [1.82, 2.24) is 4.90 Å². The number of carbonyl (C=O) groups is 1. The number of rotatable bonds is 2. The molecule has 1 heterocycles. The number of hydrogen-bond acceptors (Lipinski definition) is 2. The minimum absolute atomic E-state index is 0.118. The lowest BCUT2D eigenvalue weighted by atomic mass is 9.79. The standard InChI is InChI=1S/C14H22F3NO2/c1-13(12(19)20)7-2-8-18(9-13)11-5-3-10(4-6-11)14(15,16)17/h10-11H,2-9H2,1H3,(H,19,20). The van der Waals surface area contributed by atoms with Gasteiger partial charge in [0, 0.05) is 12.6 Å². The molecule has 0 aromatic rings. The lowest BCUT2D eigenvalue weighted by Crippen LogP contribution is -2.51. The second-order valence-electron chi connectivity index (χ2n) is 6.49. The van der Waals surface area contributed by atoms with Crippen molar-refractivity contribution in [2.75, 3.05) is 13.1 Å². The van der Waals surface area contributed by atoms with E-state index in [1.807, 2.05) is 0 Å². The molecule has 1 saturated carbocycles. The van der Waals surface area contributed by atoms with E-state index in [1.54, 1.807) is 6.92 Å². The molecular formula is C14H22F3NO2. The summed E-state index contributed by atoms with van der Waals surface area (Å²) in [5, 5.41) is 9.29. The Bertz CT molecular complexity index is 364. The molecular weight excluding hydrogens is 271 g/mol. The van der Waals surface area contributed by atoms with Crippen LogP contribution in [0.4, 0.5) is 13.2 Å². The minimum Gasteiger partial charge on any atom is -0.481 e. The summed E-state index contributed by atoms with van der Waals surface area (Å²) in [5.74, 6) is -1.97. The van der Waals surface area contributed by atoms with Gasteiger partial charge in [0.1, 0.15) is 0 Å². The number of carboxylic acids is 1. The molecule has 1 unspecified atom stereocenters. The molecule has 0 amide bonds. The topological polar surface area (TPSA) is 40.5 Å². The van der Waals surface area contributed by atoms with Gasteiger partial charge in [0.05, 0.1) is 11.3 Å². The highest BCUT2D eigenvalue weighted by atomic mass is 19.4. The highest BCUT2D eigenvalue weighted by Crippen LogP contribution is 2.40. The second kappa shape index (κ2) is 5.54. The SMILES string of the molecule is CC1(C(=O)O)CCCN(C2CCC(C(F)(F)F)CC2)C1. The van der Waals surface area contributed by atoms with Gasteiger partial charge in [-0.05, 0) is 52.0 Å². The summed E-state index contributed by atoms with van der Waals surface area (Å²) in [6.45, 7) is 3.01. The first-order chi connectivity index (χ1) is 9.22. The van der Waals surface area contributed by atoms with Crippen LogP contribution >= 0.6 is 0 Å². The second-order valence-corrected chi connectivity index (χ2v) is 6.49. The number of carboxylic acid groups (broad SMARTS) is 1. The Balaban J connectivity index is 1.92. The normalized spacial score (nSPS) is 36.8. The third-order valence-corrected chi connectivity index (χ3v) is 4.92. The van der Waals surface area contributed by atoms with Gasteiger partial charge in [-0.15, -0.1) is 0 Å². The predicted molar refractivity (Wildman–Crippen MR) is 68.4 cm³/mol. The number of halogens is 3. The van der Waals surface area contributed by atoms with Gasteiger partial charge in [-0.25, -0.2) is 0 Å². The molecule has 1 N–H and O–H groups in total. The summed E-state index contributed by atoms with van der Waals surface area (Å²) >= 11 is 0. The van der Waals surface area contributed by atoms with E-state index in [-0.39, 0.29) is 18.9 Å². The summed E-state index contributed by atoms with van der Waals surface area (Å²) in [6.07, 6.45) is -1.22. The maximum absolute atomic E-state index is 12.6. The van der Waals surface area contributed by atoms with Gasteiger partial charge >= 0.3 is 12.1 Å². The van der Waals surface area contributed by atoms with Crippen molar-refractivity contribution in [3.8, 4) is 0 Å². The Morgan fingerprint density at radius 3 is 2.35 bits per heavy atom. The van der Waals surface area contributed by atoms with Gasteiger partial charge in [-0.3, -0.25) is 9.69 Å². The lowest BCUT2D eigenvalue weighted by Gasteiger charge is -2.44. The van der Waals surface area contributed by atoms with Gasteiger partial charge in [0.25, 0.3) is 0 Å². The van der Waals surface area contributed by atoms with Gasteiger partial charge in [0.15, 0.2) is 0 Å². The van der Waals surface area contributed by atoms with Crippen LogP contribution in [0, 0.1) is 11.3 Å². The van der Waals surface area contributed by atoms with Crippen LogP contribution in [0.15, 0.2) is 0 Å². The maximum Gasteiger partial charge on any atom is 0.391 e. The molecule has 6 heteroatoms. The molecule has 2 fully saturated rings. The van der Waals surface area contributed by atoms with Crippen LogP contribution in [0.5, 0.6) is 0 Å². The zero-order valence-corrected chi connectivity index (χ0v) is 11.7. The van der Waals surface area contributed by atoms with Gasteiger partial charge in [0.2, 0.25) is 0 Å². The Morgan fingerprint density at radius 2 is 1.85 bits per heavy atom. The fourth-order valence-electron chi connectivity index (χ4n) is 3.53. The quantitative estimate of drug-likeness (QED) is 0.849. The summed E-state index contributed by atoms with van der Waals surface area (Å²) < 4.78 is 37.9. The van der Waals surface area contributed by atoms with Crippen molar-refractivity contribution in [3.63, 3.8) is 0 Å². The minimum atomic E-state index is -4.08. The van der Waals surface area contributed by atoms with Crippen molar-refractivity contribution in [1.29, 1.82) is 0 Å². The van der Waals surface area contributed by atoms with Crippen molar-refractivity contribution < 1.29 is 23.1 Å². The Kier molecular flexibility index (Phi) is 4.33. The molecule has 0 aromatic heterocycles. The number of alkyl halides is 3. The molecule has 1 saturated heterocycles. The fraction of sp³-hybridized carbons (Fsp3) is 0.929. The molecule has 2 rings (SSSR count). The number of likely N-dealkylation sites (tertiary alicyclic amines) is 1. The Hall–Kier alpha value is -0.780. The fourth-order valence-corrected chi connectivity index (χ4v) is 3.53. The number of aliphatic carboxylic acids is 1. The number of nitrogens with zero attached hydrogens (tertiary/aromatic N) is 1. The van der Waals surface area contributed by atoms with Crippen LogP contribution in [0.2, 0.25) is 0 Å². The highest BCUT2D eigenvalue weighted by molar-refractivity contribution is 5.74. The monoisotopic (exact) mass is 293 g/mol. The van der Waals surface area contributed by atoms with Crippen molar-refractivity contribution in [3.05, 3.63) is 0 Å². The van der Waals surface area contributed by atoms with Crippen LogP contribution in [0.1, 0.15) is 45.4 Å². The molecule has 3 nitrogen and oxygen atoms in total. The maximum atomic E-state index is 12.6. The lowest BCUT2D eigenvalue weighted by molar-refractivity contribution is -0.185. The summed E-state index contributed by atoms with van der Waals surface area (Å²) in [6, 6.07) is 0.118. The molecule has 1 aliphatic carbocycles. The van der Waals surface area contributed by atoms with Crippen LogP contribution in [0.3, 0.4) is 0 Å². The van der Waals surface area contributed by atoms with E-state index in [2.05, 4.69) is 4.90 Å². The molecule has 20 heavy (non-hydrogen) atoms. The van der Waals surface area contributed by atoms with E-state index in [9.17, 15) is 23.1 Å². The van der Waals surface area contributed by atoms with E-state index < -0.39 is 23.5 Å². The average molecular weight is 293 g/mol. The van der Waals surface area contributed by atoms with Crippen LogP contribution < -0.4 is 0 Å². The molecule has 0 bridgehead atoms. The van der Waals surface area contributed by atoms with Crippen LogP contribution in [0.25, 0.3) is 0 Å². The smallest absolute Gasteiger partial charge is 0.391 e. The first kappa shape index (κ1) is 15.6. The zero-order chi connectivity index (χ0) is 15.0. The summed E-state index contributed by atoms with van der Waals surface area (Å²) in [7, 11) is 0. The third kappa shape index (κ3) is 3.27. The summed E-state index contributed by atoms with van der Waals surface area (Å²) in [5.41, 5.74) is -0.751. The van der Waals surface area contributed by atoms with E-state index in [1.165, 1.54) is 0 Å². The molecule has 0 radical (unpaired) electrons. The van der Waals surface area contributed by atoms with Crippen molar-refractivity contribution in [2.45, 2.75) is 57.7 Å². The first-order valence-corrected chi connectivity index (χ1v) is 7.26. The number of piperidine rings is 1. The van der Waals surface area contributed by atoms with Crippen molar-refractivity contribution >= 4 is 5.97 Å². The Morgan fingerprint density at radius 1 is 1.25 bits per heavy atom. The van der Waals surface area contributed by atoms with Gasteiger partial charge in [-0.1, -0.05) is 0 Å². The zero-order valence-electron chi connectivity index (χ0n) is 11.7. The molecule has 116 valence electrons. The average Bonchev–Trinajstić information content (AvgIpc) is 2.38. The van der Waals surface area contributed by atoms with Crippen LogP contribution in [-0.2, 0) is 4.79 Å². The predicted octanol–water partition coefficient (Wildman–Crippen LogP) is 3.29. The molecule has 2 aliphatic rings. The molecule has 0 aromatic carbocycles. The van der Waals surface area contributed by atoms with E-state index >= 15 is 0 Å². The van der Waals surface area contributed by atoms with Gasteiger partial charge in [-0.2, -0.15) is 13.2 Å². The molecule has 0 spiro atoms. The van der Waals surface area contributed by atoms with E-state index in [4.69, 9.17) is 0 Å². The van der Waals surface area contributed by atoms with E-state index in [0.29, 0.717) is 25.8 Å². The Labute approximate surface area is 117 Å². The largest absolute Gasteiger partial charge is 0.481 e. The molecule has 1 atom stereocenters. The van der Waals surface area contributed by atoms with Crippen molar-refractivity contribution in [2.24, 2.45) is 11.3 Å². The summed E-state index contributed by atoms with van der Waals surface area (Å²) in [4.78, 5) is 13.4. The first-order valence-electron chi connectivity index (χ1n) is 7.26.